The van der Waals surface area contributed by atoms with Crippen LogP contribution in [0.2, 0.25) is 0 Å². The minimum Gasteiger partial charge on any atom is -0.384 e. The number of aryl methyl sites for hydroxylation is 1. The molecule has 1 aromatic heterocycles. The van der Waals surface area contributed by atoms with Crippen molar-refractivity contribution in [1.29, 1.82) is 0 Å². The Morgan fingerprint density at radius 3 is 2.90 bits per heavy atom. The van der Waals surface area contributed by atoms with Crippen molar-refractivity contribution < 1.29 is 13.5 Å². The first-order valence-corrected chi connectivity index (χ1v) is 7.69. The molecule has 0 unspecified atom stereocenters. The van der Waals surface area contributed by atoms with Gasteiger partial charge in [-0.1, -0.05) is 24.0 Å². The smallest absolute Gasteiger partial charge is 0.244 e. The van der Waals surface area contributed by atoms with Gasteiger partial charge in [-0.3, -0.25) is 5.10 Å². The first kappa shape index (κ1) is 15.3. The highest BCUT2D eigenvalue weighted by Crippen LogP contribution is 2.12. The number of aliphatic hydroxyl groups excluding tert-OH is 1. The van der Waals surface area contributed by atoms with Gasteiger partial charge in [0, 0.05) is 12.1 Å². The van der Waals surface area contributed by atoms with E-state index in [1.54, 1.807) is 31.2 Å². The molecule has 0 saturated heterocycles. The van der Waals surface area contributed by atoms with Crippen LogP contribution in [0.3, 0.4) is 0 Å². The summed E-state index contributed by atoms with van der Waals surface area (Å²) in [7, 11) is -3.60. The van der Waals surface area contributed by atoms with Gasteiger partial charge in [0.1, 0.15) is 11.5 Å². The second-order valence-corrected chi connectivity index (χ2v) is 6.08. The van der Waals surface area contributed by atoms with E-state index in [2.05, 4.69) is 26.8 Å². The lowest BCUT2D eigenvalue weighted by molar-refractivity contribution is 0.350. The van der Waals surface area contributed by atoms with Crippen LogP contribution in [0, 0.1) is 18.8 Å². The summed E-state index contributed by atoms with van der Waals surface area (Å²) >= 11 is 0. The fraction of sp³-hybridized carbons (Fsp3) is 0.214. The highest BCUT2D eigenvalue weighted by molar-refractivity contribution is 7.89. The molecule has 0 amide bonds. The predicted molar refractivity (Wildman–Crippen MR) is 77.8 cm³/mol. The molecule has 6 nitrogen and oxygen atoms in total. The van der Waals surface area contributed by atoms with Crippen molar-refractivity contribution in [1.82, 2.24) is 14.9 Å². The summed E-state index contributed by atoms with van der Waals surface area (Å²) in [6.45, 7) is 1.59. The molecule has 0 atom stereocenters. The molecule has 0 saturated carbocycles. The molecule has 110 valence electrons. The topological polar surface area (TPSA) is 95.1 Å². The van der Waals surface area contributed by atoms with Crippen molar-refractivity contribution in [3.8, 4) is 11.8 Å². The van der Waals surface area contributed by atoms with Crippen LogP contribution in [0.4, 0.5) is 0 Å². The maximum absolute atomic E-state index is 12.1. The number of nitrogens with one attached hydrogen (secondary N) is 2. The van der Waals surface area contributed by atoms with E-state index in [0.29, 0.717) is 5.69 Å². The SMILES string of the molecule is Cc1[nH]ncc1S(=O)(=O)NCc1cccc(C#CCO)c1. The van der Waals surface area contributed by atoms with Crippen LogP contribution in [0.15, 0.2) is 35.4 Å². The van der Waals surface area contributed by atoms with Crippen molar-refractivity contribution in [3.63, 3.8) is 0 Å². The van der Waals surface area contributed by atoms with Gasteiger partial charge in [-0.2, -0.15) is 5.10 Å². The number of aromatic nitrogens is 2. The Labute approximate surface area is 123 Å². The second-order valence-electron chi connectivity index (χ2n) is 4.34. The van der Waals surface area contributed by atoms with Crippen LogP contribution in [0.5, 0.6) is 0 Å². The molecule has 2 aromatic rings. The van der Waals surface area contributed by atoms with Crippen LogP contribution >= 0.6 is 0 Å². The molecule has 1 heterocycles. The average Bonchev–Trinajstić information content (AvgIpc) is 2.91. The van der Waals surface area contributed by atoms with E-state index in [4.69, 9.17) is 5.11 Å². The van der Waals surface area contributed by atoms with Gasteiger partial charge in [0.15, 0.2) is 0 Å². The van der Waals surface area contributed by atoms with Crippen LogP contribution in [0.25, 0.3) is 0 Å². The van der Waals surface area contributed by atoms with E-state index >= 15 is 0 Å². The monoisotopic (exact) mass is 305 g/mol. The van der Waals surface area contributed by atoms with Crippen molar-refractivity contribution in [2.75, 3.05) is 6.61 Å². The minimum atomic E-state index is -3.60. The summed E-state index contributed by atoms with van der Waals surface area (Å²) in [5.41, 5.74) is 2.00. The number of aliphatic hydroxyl groups is 1. The quantitative estimate of drug-likeness (QED) is 0.719. The molecule has 0 aliphatic carbocycles. The minimum absolute atomic E-state index is 0.138. The summed E-state index contributed by atoms with van der Waals surface area (Å²) in [5, 5.41) is 15.0. The third-order valence-corrected chi connectivity index (χ3v) is 4.29. The molecular formula is C14H15N3O3S. The molecule has 2 rings (SSSR count). The zero-order valence-corrected chi connectivity index (χ0v) is 12.2. The Morgan fingerprint density at radius 2 is 2.24 bits per heavy atom. The molecule has 0 bridgehead atoms. The summed E-state index contributed by atoms with van der Waals surface area (Å²) in [4.78, 5) is 0.138. The van der Waals surface area contributed by atoms with Crippen LogP contribution in [-0.2, 0) is 16.6 Å². The van der Waals surface area contributed by atoms with Gasteiger partial charge in [-0.25, -0.2) is 13.1 Å². The van der Waals surface area contributed by atoms with E-state index in [1.165, 1.54) is 6.20 Å². The van der Waals surface area contributed by atoms with E-state index in [0.717, 1.165) is 11.1 Å². The molecule has 21 heavy (non-hydrogen) atoms. The summed E-state index contributed by atoms with van der Waals surface area (Å²) in [6, 6.07) is 7.15. The Balaban J connectivity index is 2.11. The van der Waals surface area contributed by atoms with E-state index in [-0.39, 0.29) is 18.0 Å². The van der Waals surface area contributed by atoms with Crippen LogP contribution in [0.1, 0.15) is 16.8 Å². The molecule has 1 aromatic carbocycles. The Morgan fingerprint density at radius 1 is 1.43 bits per heavy atom. The van der Waals surface area contributed by atoms with Gasteiger partial charge in [0.05, 0.1) is 11.9 Å². The lowest BCUT2D eigenvalue weighted by Crippen LogP contribution is -2.23. The number of hydrogen-bond acceptors (Lipinski definition) is 4. The molecule has 3 N–H and O–H groups in total. The molecule has 0 radical (unpaired) electrons. The predicted octanol–water partition coefficient (Wildman–Crippen LogP) is 0.540. The van der Waals surface area contributed by atoms with Crippen LogP contribution in [-0.4, -0.2) is 30.3 Å². The van der Waals surface area contributed by atoms with Crippen molar-refractivity contribution in [2.45, 2.75) is 18.4 Å². The number of hydrogen-bond donors (Lipinski definition) is 3. The Kier molecular flexibility index (Phi) is 4.75. The fourth-order valence-corrected chi connectivity index (χ4v) is 2.92. The molecule has 0 spiro atoms. The van der Waals surface area contributed by atoms with Crippen LogP contribution < -0.4 is 4.72 Å². The van der Waals surface area contributed by atoms with E-state index < -0.39 is 10.0 Å². The van der Waals surface area contributed by atoms with Gasteiger partial charge < -0.3 is 5.11 Å². The lowest BCUT2D eigenvalue weighted by atomic mass is 10.1. The number of aromatic amines is 1. The van der Waals surface area contributed by atoms with Crippen molar-refractivity contribution in [2.24, 2.45) is 0 Å². The third-order valence-electron chi connectivity index (χ3n) is 2.78. The summed E-state index contributed by atoms with van der Waals surface area (Å²) in [5.74, 6) is 5.32. The number of nitrogens with zero attached hydrogens (tertiary/aromatic N) is 1. The van der Waals surface area contributed by atoms with Gasteiger partial charge in [-0.15, -0.1) is 0 Å². The molecular weight excluding hydrogens is 290 g/mol. The average molecular weight is 305 g/mol. The molecule has 0 aliphatic heterocycles. The first-order valence-electron chi connectivity index (χ1n) is 6.21. The van der Waals surface area contributed by atoms with E-state index in [1.807, 2.05) is 0 Å². The largest absolute Gasteiger partial charge is 0.384 e. The zero-order chi connectivity index (χ0) is 15.3. The number of sulfonamides is 1. The van der Waals surface area contributed by atoms with Gasteiger partial charge >= 0.3 is 0 Å². The number of benzene rings is 1. The van der Waals surface area contributed by atoms with Gasteiger partial charge in [0.2, 0.25) is 10.0 Å². The Hall–Kier alpha value is -2.14. The summed E-state index contributed by atoms with van der Waals surface area (Å²) < 4.78 is 26.7. The second kappa shape index (κ2) is 6.54. The number of rotatable bonds is 4. The molecule has 0 fully saturated rings. The lowest BCUT2D eigenvalue weighted by Gasteiger charge is -2.06. The highest BCUT2D eigenvalue weighted by atomic mass is 32.2. The molecule has 0 aliphatic rings. The van der Waals surface area contributed by atoms with Gasteiger partial charge in [-0.05, 0) is 24.6 Å². The molecule has 7 heteroatoms. The number of H-pyrrole nitrogens is 1. The third kappa shape index (κ3) is 3.92. The normalized spacial score (nSPS) is 11.0. The van der Waals surface area contributed by atoms with E-state index in [9.17, 15) is 8.42 Å². The van der Waals surface area contributed by atoms with Crippen molar-refractivity contribution in [3.05, 3.63) is 47.3 Å². The maximum Gasteiger partial charge on any atom is 0.244 e. The first-order chi connectivity index (χ1) is 10.0. The zero-order valence-electron chi connectivity index (χ0n) is 11.4. The summed E-state index contributed by atoms with van der Waals surface area (Å²) in [6.07, 6.45) is 1.28. The standard InChI is InChI=1S/C14H15N3O3S/c1-11-14(10-15-17-11)21(19,20)16-9-13-5-2-4-12(8-13)6-3-7-18/h2,4-5,8,10,16,18H,7,9H2,1H3,(H,15,17). The highest BCUT2D eigenvalue weighted by Gasteiger charge is 2.17. The van der Waals surface area contributed by atoms with Crippen molar-refractivity contribution >= 4 is 10.0 Å². The maximum atomic E-state index is 12.1. The fourth-order valence-electron chi connectivity index (χ4n) is 1.77. The Bertz CT molecular complexity index is 785. The van der Waals surface area contributed by atoms with Gasteiger partial charge in [0.25, 0.3) is 0 Å².